The minimum Gasteiger partial charge on any atom is -0.389 e. The van der Waals surface area contributed by atoms with Gasteiger partial charge in [0.15, 0.2) is 0 Å². The molecule has 0 saturated carbocycles. The molecule has 82 valence electrons. The van der Waals surface area contributed by atoms with Gasteiger partial charge in [-0.3, -0.25) is 4.98 Å². The minimum atomic E-state index is -0.465. The third-order valence-corrected chi connectivity index (χ3v) is 3.07. The smallest absolute Gasteiger partial charge is 0.101 e. The molecule has 0 aliphatic carbocycles. The highest BCUT2D eigenvalue weighted by molar-refractivity contribution is 7.99. The first-order chi connectivity index (χ1) is 7.75. The van der Waals surface area contributed by atoms with E-state index in [1.165, 1.54) is 0 Å². The normalized spacial score (nSPS) is 12.4. The maximum atomic E-state index is 9.35. The molecule has 2 aromatic rings. The molecule has 2 aromatic heterocycles. The summed E-state index contributed by atoms with van der Waals surface area (Å²) >= 11 is 1.58. The largest absolute Gasteiger partial charge is 0.389 e. The highest BCUT2D eigenvalue weighted by atomic mass is 32.2. The summed E-state index contributed by atoms with van der Waals surface area (Å²) in [6.07, 6.45) is 4.75. The molecule has 1 N–H and O–H groups in total. The zero-order chi connectivity index (χ0) is 11.4. The molecule has 4 heteroatoms. The second-order valence-electron chi connectivity index (χ2n) is 3.39. The summed E-state index contributed by atoms with van der Waals surface area (Å²) < 4.78 is 0. The van der Waals surface area contributed by atoms with Crippen LogP contribution in [0.4, 0.5) is 0 Å². The highest BCUT2D eigenvalue weighted by Crippen LogP contribution is 2.25. The summed E-state index contributed by atoms with van der Waals surface area (Å²) in [5.41, 5.74) is 0.832. The molecule has 0 aromatic carbocycles. The lowest BCUT2D eigenvalue weighted by atomic mass is 10.2. The highest BCUT2D eigenvalue weighted by Gasteiger charge is 2.02. The summed E-state index contributed by atoms with van der Waals surface area (Å²) in [6.45, 7) is 1.73. The first-order valence-corrected chi connectivity index (χ1v) is 5.79. The molecule has 2 heterocycles. The van der Waals surface area contributed by atoms with Gasteiger partial charge in [-0.2, -0.15) is 0 Å². The van der Waals surface area contributed by atoms with E-state index in [4.69, 9.17) is 0 Å². The molecule has 0 spiro atoms. The van der Waals surface area contributed by atoms with Crippen LogP contribution in [0.15, 0.2) is 52.8 Å². The van der Waals surface area contributed by atoms with E-state index in [1.54, 1.807) is 37.3 Å². The molecular weight excluding hydrogens is 220 g/mol. The second-order valence-corrected chi connectivity index (χ2v) is 4.48. The quantitative estimate of drug-likeness (QED) is 0.883. The van der Waals surface area contributed by atoms with Crippen molar-refractivity contribution in [2.24, 2.45) is 0 Å². The SMILES string of the molecule is CC(O)c1ccc(Sc2ccncc2)nc1. The van der Waals surface area contributed by atoms with Gasteiger partial charge in [-0.1, -0.05) is 17.8 Å². The lowest BCUT2D eigenvalue weighted by Gasteiger charge is -2.05. The monoisotopic (exact) mass is 232 g/mol. The Hall–Kier alpha value is -1.39. The lowest BCUT2D eigenvalue weighted by molar-refractivity contribution is 0.198. The van der Waals surface area contributed by atoms with E-state index in [9.17, 15) is 5.11 Å². The average Bonchev–Trinajstić information content (AvgIpc) is 2.31. The molecule has 0 amide bonds. The van der Waals surface area contributed by atoms with Crippen molar-refractivity contribution in [2.45, 2.75) is 22.9 Å². The van der Waals surface area contributed by atoms with E-state index < -0.39 is 6.10 Å². The van der Waals surface area contributed by atoms with Crippen LogP contribution < -0.4 is 0 Å². The van der Waals surface area contributed by atoms with Gasteiger partial charge in [-0.15, -0.1) is 0 Å². The maximum absolute atomic E-state index is 9.35. The van der Waals surface area contributed by atoms with Crippen molar-refractivity contribution in [1.82, 2.24) is 9.97 Å². The standard InChI is InChI=1S/C12H12N2OS/c1-9(15)10-2-3-12(14-8-10)16-11-4-6-13-7-5-11/h2-9,15H,1H3. The fourth-order valence-electron chi connectivity index (χ4n) is 1.23. The van der Waals surface area contributed by atoms with Crippen molar-refractivity contribution in [3.8, 4) is 0 Å². The predicted molar refractivity (Wildman–Crippen MR) is 63.2 cm³/mol. The van der Waals surface area contributed by atoms with Crippen molar-refractivity contribution >= 4 is 11.8 Å². The Morgan fingerprint density at radius 1 is 1.19 bits per heavy atom. The Morgan fingerprint density at radius 2 is 1.94 bits per heavy atom. The molecule has 0 fully saturated rings. The van der Waals surface area contributed by atoms with E-state index in [1.807, 2.05) is 24.3 Å². The fraction of sp³-hybridized carbons (Fsp3) is 0.167. The summed E-state index contributed by atoms with van der Waals surface area (Å²) in [7, 11) is 0. The van der Waals surface area contributed by atoms with Crippen LogP contribution in [0.2, 0.25) is 0 Å². The first-order valence-electron chi connectivity index (χ1n) is 4.97. The van der Waals surface area contributed by atoms with Crippen molar-refractivity contribution < 1.29 is 5.11 Å². The van der Waals surface area contributed by atoms with Crippen molar-refractivity contribution in [3.63, 3.8) is 0 Å². The van der Waals surface area contributed by atoms with Crippen LogP contribution in [0.1, 0.15) is 18.6 Å². The number of pyridine rings is 2. The molecule has 0 aliphatic heterocycles. The van der Waals surface area contributed by atoms with Crippen LogP contribution >= 0.6 is 11.8 Å². The number of nitrogens with zero attached hydrogens (tertiary/aromatic N) is 2. The second kappa shape index (κ2) is 5.09. The molecule has 0 saturated heterocycles. The Morgan fingerprint density at radius 3 is 2.50 bits per heavy atom. The maximum Gasteiger partial charge on any atom is 0.101 e. The van der Waals surface area contributed by atoms with E-state index in [0.29, 0.717) is 0 Å². The van der Waals surface area contributed by atoms with Gasteiger partial charge in [0.1, 0.15) is 5.03 Å². The minimum absolute atomic E-state index is 0.465. The number of aliphatic hydroxyl groups excluding tert-OH is 1. The first kappa shape index (κ1) is 11.1. The Balaban J connectivity index is 2.11. The van der Waals surface area contributed by atoms with E-state index >= 15 is 0 Å². The predicted octanol–water partition coefficient (Wildman–Crippen LogP) is 2.68. The van der Waals surface area contributed by atoms with E-state index in [0.717, 1.165) is 15.5 Å². The number of aliphatic hydroxyl groups is 1. The Bertz CT molecular complexity index is 442. The van der Waals surface area contributed by atoms with Gasteiger partial charge in [0.05, 0.1) is 6.10 Å². The van der Waals surface area contributed by atoms with Gasteiger partial charge in [-0.05, 0) is 30.7 Å². The molecule has 1 atom stereocenters. The van der Waals surface area contributed by atoms with Crippen LogP contribution in [0.3, 0.4) is 0 Å². The van der Waals surface area contributed by atoms with E-state index in [2.05, 4.69) is 9.97 Å². The van der Waals surface area contributed by atoms with Crippen LogP contribution in [-0.2, 0) is 0 Å². The Labute approximate surface area is 98.6 Å². The molecule has 0 aliphatic rings. The van der Waals surface area contributed by atoms with Crippen LogP contribution in [0, 0.1) is 0 Å². The summed E-state index contributed by atoms with van der Waals surface area (Å²) in [6, 6.07) is 7.68. The molecule has 2 rings (SSSR count). The van der Waals surface area contributed by atoms with E-state index in [-0.39, 0.29) is 0 Å². The van der Waals surface area contributed by atoms with Gasteiger partial charge in [0, 0.05) is 23.5 Å². The molecular formula is C12H12N2OS. The van der Waals surface area contributed by atoms with Crippen LogP contribution in [-0.4, -0.2) is 15.1 Å². The number of hydrogen-bond acceptors (Lipinski definition) is 4. The number of aromatic nitrogens is 2. The van der Waals surface area contributed by atoms with Gasteiger partial charge in [0.2, 0.25) is 0 Å². The fourth-order valence-corrected chi connectivity index (χ4v) is 1.97. The summed E-state index contributed by atoms with van der Waals surface area (Å²) in [5.74, 6) is 0. The van der Waals surface area contributed by atoms with Gasteiger partial charge in [0.25, 0.3) is 0 Å². The summed E-state index contributed by atoms with van der Waals surface area (Å²) in [5, 5.41) is 10.3. The summed E-state index contributed by atoms with van der Waals surface area (Å²) in [4.78, 5) is 9.34. The van der Waals surface area contributed by atoms with Crippen molar-refractivity contribution in [3.05, 3.63) is 48.4 Å². The molecule has 0 bridgehead atoms. The molecule has 16 heavy (non-hydrogen) atoms. The number of rotatable bonds is 3. The third-order valence-electron chi connectivity index (χ3n) is 2.11. The van der Waals surface area contributed by atoms with Gasteiger partial charge >= 0.3 is 0 Å². The zero-order valence-electron chi connectivity index (χ0n) is 8.87. The van der Waals surface area contributed by atoms with Gasteiger partial charge < -0.3 is 5.11 Å². The average molecular weight is 232 g/mol. The molecule has 0 radical (unpaired) electrons. The third kappa shape index (κ3) is 2.81. The van der Waals surface area contributed by atoms with Crippen molar-refractivity contribution in [1.29, 1.82) is 0 Å². The number of hydrogen-bond donors (Lipinski definition) is 1. The van der Waals surface area contributed by atoms with Crippen LogP contribution in [0.5, 0.6) is 0 Å². The molecule has 1 unspecified atom stereocenters. The van der Waals surface area contributed by atoms with Crippen molar-refractivity contribution in [2.75, 3.05) is 0 Å². The lowest BCUT2D eigenvalue weighted by Crippen LogP contribution is -1.92. The van der Waals surface area contributed by atoms with Crippen LogP contribution in [0.25, 0.3) is 0 Å². The van der Waals surface area contributed by atoms with Gasteiger partial charge in [-0.25, -0.2) is 4.98 Å². The zero-order valence-corrected chi connectivity index (χ0v) is 9.69. The Kier molecular flexibility index (Phi) is 3.54. The molecule has 3 nitrogen and oxygen atoms in total. The topological polar surface area (TPSA) is 46.0 Å².